The Kier molecular flexibility index (Phi) is 12.3. The standard InChI is InChI=1S/C30H35N5O2.C13H15N3O3/c36-30(37)35-19-17-25(31-29-32-27-15-7-8-16-28(27)33-29)20-26(35)14-9-18-34(21-23-10-3-1-4-11-23)22-24-12-5-2-6-13-24;17-12-14-10-3-1-2-4-11(10)16(12)9-5-7-15(8-6-9)13(18)19/h1-8,10-13,15-16,25-26H,9,14,17-22H2,(H,36,37)(H2,31,32,33);1-4,9H,5-8H2,(H,14,17)(H,18,19)/t25?,26-;/m0./s1. The molecule has 1 unspecified atom stereocenters. The van der Waals surface area contributed by atoms with Crippen molar-refractivity contribution < 1.29 is 19.8 Å². The third kappa shape index (κ3) is 9.58. The lowest BCUT2D eigenvalue weighted by atomic mass is 9.94. The topological polar surface area (TPSA) is 163 Å². The highest BCUT2D eigenvalue weighted by Crippen LogP contribution is 2.26. The lowest BCUT2D eigenvalue weighted by Gasteiger charge is -2.38. The molecule has 2 atom stereocenters. The zero-order chi connectivity index (χ0) is 38.9. The largest absolute Gasteiger partial charge is 0.465 e. The van der Waals surface area contributed by atoms with Crippen molar-refractivity contribution >= 4 is 40.2 Å². The predicted molar refractivity (Wildman–Crippen MR) is 218 cm³/mol. The molecule has 0 aliphatic carbocycles. The lowest BCUT2D eigenvalue weighted by molar-refractivity contribution is 0.0971. The number of hydrogen-bond acceptors (Lipinski definition) is 6. The van der Waals surface area contributed by atoms with Gasteiger partial charge in [-0.2, -0.15) is 0 Å². The number of benzene rings is 4. The van der Waals surface area contributed by atoms with E-state index in [1.807, 2.05) is 60.7 Å². The highest BCUT2D eigenvalue weighted by Gasteiger charge is 2.32. The Balaban J connectivity index is 0.000000211. The summed E-state index contributed by atoms with van der Waals surface area (Å²) in [7, 11) is 0. The number of hydrogen-bond donors (Lipinski definition) is 5. The summed E-state index contributed by atoms with van der Waals surface area (Å²) in [5, 5.41) is 22.3. The van der Waals surface area contributed by atoms with E-state index in [2.05, 4.69) is 73.7 Å². The molecule has 13 heteroatoms. The molecule has 0 spiro atoms. The molecule has 2 aliphatic rings. The summed E-state index contributed by atoms with van der Waals surface area (Å²) in [4.78, 5) is 51.2. The first-order valence-corrected chi connectivity index (χ1v) is 19.5. The van der Waals surface area contributed by atoms with Gasteiger partial charge in [-0.1, -0.05) is 84.9 Å². The maximum Gasteiger partial charge on any atom is 0.407 e. The van der Waals surface area contributed by atoms with Crippen molar-refractivity contribution in [1.82, 2.24) is 34.2 Å². The van der Waals surface area contributed by atoms with Crippen molar-refractivity contribution in [3.8, 4) is 0 Å². The van der Waals surface area contributed by atoms with Crippen LogP contribution in [0.4, 0.5) is 15.5 Å². The normalized spacial score (nSPS) is 17.5. The van der Waals surface area contributed by atoms with Gasteiger partial charge in [0, 0.05) is 50.8 Å². The minimum absolute atomic E-state index is 0.0107. The van der Waals surface area contributed by atoms with E-state index >= 15 is 0 Å². The van der Waals surface area contributed by atoms with Crippen LogP contribution >= 0.6 is 0 Å². The molecule has 2 amide bonds. The van der Waals surface area contributed by atoms with Crippen molar-refractivity contribution in [2.75, 3.05) is 31.5 Å². The van der Waals surface area contributed by atoms with Gasteiger partial charge < -0.3 is 35.3 Å². The van der Waals surface area contributed by atoms with E-state index in [1.165, 1.54) is 16.0 Å². The second kappa shape index (κ2) is 18.0. The number of H-pyrrole nitrogens is 2. The van der Waals surface area contributed by atoms with Crippen LogP contribution in [0.3, 0.4) is 0 Å². The Morgan fingerprint density at radius 2 is 1.38 bits per heavy atom. The van der Waals surface area contributed by atoms with Gasteiger partial charge in [-0.25, -0.2) is 19.4 Å². The Morgan fingerprint density at radius 3 is 2.02 bits per heavy atom. The first-order valence-electron chi connectivity index (χ1n) is 19.5. The number of aromatic amines is 2. The quantitative estimate of drug-likeness (QED) is 0.0902. The molecular weight excluding hydrogens is 709 g/mol. The average Bonchev–Trinajstić information content (AvgIpc) is 3.78. The summed E-state index contributed by atoms with van der Waals surface area (Å²) >= 11 is 0. The van der Waals surface area contributed by atoms with E-state index in [4.69, 9.17) is 5.11 Å². The Hall–Kier alpha value is -6.08. The Morgan fingerprint density at radius 1 is 0.750 bits per heavy atom. The van der Waals surface area contributed by atoms with Gasteiger partial charge in [-0.15, -0.1) is 0 Å². The molecule has 0 saturated carbocycles. The van der Waals surface area contributed by atoms with E-state index in [0.717, 1.165) is 73.3 Å². The summed E-state index contributed by atoms with van der Waals surface area (Å²) in [6.45, 7) is 4.15. The summed E-state index contributed by atoms with van der Waals surface area (Å²) < 4.78 is 1.76. The fraction of sp³-hybridized carbons (Fsp3) is 0.349. The molecule has 8 rings (SSSR count). The number of likely N-dealkylation sites (tertiary alicyclic amines) is 2. The number of carboxylic acid groups (broad SMARTS) is 2. The fourth-order valence-electron chi connectivity index (χ4n) is 8.12. The zero-order valence-electron chi connectivity index (χ0n) is 31.5. The van der Waals surface area contributed by atoms with Crippen molar-refractivity contribution in [3.63, 3.8) is 0 Å². The number of amides is 2. The summed E-state index contributed by atoms with van der Waals surface area (Å²) in [5.41, 5.74) is 6.11. The number of carbonyl (C=O) groups is 2. The molecule has 4 heterocycles. The smallest absolute Gasteiger partial charge is 0.407 e. The van der Waals surface area contributed by atoms with E-state index in [-0.39, 0.29) is 23.8 Å². The summed E-state index contributed by atoms with van der Waals surface area (Å²) in [5.74, 6) is 0.755. The van der Waals surface area contributed by atoms with Gasteiger partial charge in [-0.3, -0.25) is 9.47 Å². The summed E-state index contributed by atoms with van der Waals surface area (Å²) in [6.07, 6.45) is 2.97. The second-order valence-corrected chi connectivity index (χ2v) is 14.7. The van der Waals surface area contributed by atoms with Crippen LogP contribution in [0.5, 0.6) is 0 Å². The molecule has 0 bridgehead atoms. The maximum atomic E-state index is 12.0. The molecule has 2 fully saturated rings. The number of nitrogens with zero attached hydrogens (tertiary/aromatic N) is 5. The van der Waals surface area contributed by atoms with Gasteiger partial charge in [0.1, 0.15) is 0 Å². The lowest BCUT2D eigenvalue weighted by Crippen LogP contribution is -2.49. The van der Waals surface area contributed by atoms with Gasteiger partial charge in [0.25, 0.3) is 0 Å². The zero-order valence-corrected chi connectivity index (χ0v) is 31.5. The fourth-order valence-corrected chi connectivity index (χ4v) is 8.12. The number of piperidine rings is 2. The number of imidazole rings is 2. The number of nitrogens with one attached hydrogen (secondary N) is 3. The van der Waals surface area contributed by atoms with Gasteiger partial charge in [0.15, 0.2) is 0 Å². The number of para-hydroxylation sites is 4. The van der Waals surface area contributed by atoms with Crippen molar-refractivity contribution in [2.45, 2.75) is 69.7 Å². The van der Waals surface area contributed by atoms with E-state index in [9.17, 15) is 19.5 Å². The van der Waals surface area contributed by atoms with Crippen LogP contribution < -0.4 is 11.0 Å². The predicted octanol–water partition coefficient (Wildman–Crippen LogP) is 7.61. The van der Waals surface area contributed by atoms with Crippen molar-refractivity contribution in [2.24, 2.45) is 0 Å². The molecule has 4 aromatic carbocycles. The van der Waals surface area contributed by atoms with Crippen LogP contribution in [0.1, 0.15) is 55.7 Å². The third-order valence-electron chi connectivity index (χ3n) is 10.9. The van der Waals surface area contributed by atoms with Crippen LogP contribution in [0.25, 0.3) is 22.1 Å². The van der Waals surface area contributed by atoms with E-state index in [0.29, 0.717) is 32.5 Å². The molecule has 6 aromatic rings. The van der Waals surface area contributed by atoms with Crippen molar-refractivity contribution in [3.05, 3.63) is 131 Å². The molecule has 2 aliphatic heterocycles. The first kappa shape index (κ1) is 38.2. The molecule has 56 heavy (non-hydrogen) atoms. The molecule has 2 aromatic heterocycles. The van der Waals surface area contributed by atoms with E-state index < -0.39 is 12.2 Å². The van der Waals surface area contributed by atoms with Crippen LogP contribution in [-0.2, 0) is 13.1 Å². The van der Waals surface area contributed by atoms with Gasteiger partial charge in [0.05, 0.1) is 22.1 Å². The molecular formula is C43H50N8O5. The van der Waals surface area contributed by atoms with Gasteiger partial charge in [-0.05, 0) is 80.5 Å². The van der Waals surface area contributed by atoms with Crippen LogP contribution in [0, 0.1) is 0 Å². The molecule has 13 nitrogen and oxygen atoms in total. The Bertz CT molecular complexity index is 2170. The van der Waals surface area contributed by atoms with Gasteiger partial charge in [0.2, 0.25) is 5.95 Å². The second-order valence-electron chi connectivity index (χ2n) is 14.7. The number of fused-ring (bicyclic) bond motifs is 2. The average molecular weight is 759 g/mol. The number of anilines is 1. The number of aromatic nitrogens is 4. The highest BCUT2D eigenvalue weighted by atomic mass is 16.4. The first-order chi connectivity index (χ1) is 27.3. The summed E-state index contributed by atoms with van der Waals surface area (Å²) in [6, 6.07) is 36.9. The van der Waals surface area contributed by atoms with E-state index in [1.54, 1.807) is 9.47 Å². The monoisotopic (exact) mass is 758 g/mol. The molecule has 2 saturated heterocycles. The van der Waals surface area contributed by atoms with Crippen LogP contribution in [0.15, 0.2) is 114 Å². The van der Waals surface area contributed by atoms with Crippen molar-refractivity contribution in [1.29, 1.82) is 0 Å². The van der Waals surface area contributed by atoms with Gasteiger partial charge >= 0.3 is 17.9 Å². The third-order valence-corrected chi connectivity index (χ3v) is 10.9. The number of rotatable bonds is 11. The maximum absolute atomic E-state index is 12.0. The SMILES string of the molecule is O=C(O)N1CCC(Nc2nc3ccccc3[nH]2)C[C@@H]1CCCN(Cc1ccccc1)Cc1ccccc1.O=C(O)N1CCC(n2c(=O)[nH]c3ccccc32)CC1. The Labute approximate surface area is 325 Å². The molecule has 0 radical (unpaired) electrons. The van der Waals surface area contributed by atoms with Crippen LogP contribution in [-0.4, -0.2) is 94.9 Å². The minimum Gasteiger partial charge on any atom is -0.465 e. The highest BCUT2D eigenvalue weighted by molar-refractivity contribution is 5.77. The minimum atomic E-state index is -0.885. The molecule has 5 N–H and O–H groups in total. The molecule has 292 valence electrons. The van der Waals surface area contributed by atoms with Crippen LogP contribution in [0.2, 0.25) is 0 Å².